The maximum atomic E-state index is 11.9. The summed E-state index contributed by atoms with van der Waals surface area (Å²) in [6, 6.07) is 10.3. The summed E-state index contributed by atoms with van der Waals surface area (Å²) in [7, 11) is 1.58. The first-order chi connectivity index (χ1) is 10.5. The first-order valence-electron chi connectivity index (χ1n) is 6.52. The molecule has 2 rings (SSSR count). The Bertz CT molecular complexity index is 649. The van der Waals surface area contributed by atoms with Crippen molar-refractivity contribution in [1.29, 1.82) is 0 Å². The monoisotopic (exact) mass is 339 g/mol. The number of hydrogen-bond donors (Lipinski definition) is 1. The quantitative estimate of drug-likeness (QED) is 0.881. The predicted octanol–water partition coefficient (Wildman–Crippen LogP) is 4.33. The molecule has 2 aromatic carbocycles. The summed E-state index contributed by atoms with van der Waals surface area (Å²) >= 11 is 11.9. The van der Waals surface area contributed by atoms with Crippen molar-refractivity contribution < 1.29 is 14.3 Å². The Hall–Kier alpha value is -1.91. The van der Waals surface area contributed by atoms with E-state index in [0.717, 1.165) is 11.3 Å². The summed E-state index contributed by atoms with van der Waals surface area (Å²) in [5.41, 5.74) is 1.43. The Kier molecular flexibility index (Phi) is 5.52. The Morgan fingerprint density at radius 1 is 1.18 bits per heavy atom. The molecule has 4 nitrogen and oxygen atoms in total. The zero-order valence-corrected chi connectivity index (χ0v) is 13.7. The standard InChI is InChI=1S/C16H15Cl2NO3/c1-10-7-11(17)8-14(18)16(10)22-9-15(20)19-12-3-5-13(21-2)6-4-12/h3-8H,9H2,1-2H3,(H,19,20). The number of aryl methyl sites for hydroxylation is 1. The number of hydrogen-bond acceptors (Lipinski definition) is 3. The smallest absolute Gasteiger partial charge is 0.262 e. The molecule has 0 spiro atoms. The van der Waals surface area contributed by atoms with Gasteiger partial charge in [-0.25, -0.2) is 0 Å². The lowest BCUT2D eigenvalue weighted by molar-refractivity contribution is -0.118. The van der Waals surface area contributed by atoms with E-state index >= 15 is 0 Å². The molecule has 2 aromatic rings. The minimum Gasteiger partial charge on any atom is -0.497 e. The summed E-state index contributed by atoms with van der Waals surface area (Å²) < 4.78 is 10.5. The van der Waals surface area contributed by atoms with Crippen LogP contribution in [-0.2, 0) is 4.79 Å². The van der Waals surface area contributed by atoms with Gasteiger partial charge in [0, 0.05) is 10.7 Å². The van der Waals surface area contributed by atoms with Crippen LogP contribution in [0.5, 0.6) is 11.5 Å². The lowest BCUT2D eigenvalue weighted by Gasteiger charge is -2.11. The van der Waals surface area contributed by atoms with E-state index in [-0.39, 0.29) is 12.5 Å². The lowest BCUT2D eigenvalue weighted by Crippen LogP contribution is -2.20. The number of halogens is 2. The molecule has 22 heavy (non-hydrogen) atoms. The molecule has 0 heterocycles. The lowest BCUT2D eigenvalue weighted by atomic mass is 10.2. The molecule has 116 valence electrons. The van der Waals surface area contributed by atoms with Gasteiger partial charge >= 0.3 is 0 Å². The van der Waals surface area contributed by atoms with Gasteiger partial charge in [-0.3, -0.25) is 4.79 Å². The first kappa shape index (κ1) is 16.5. The van der Waals surface area contributed by atoms with Crippen LogP contribution >= 0.6 is 23.2 Å². The molecule has 0 saturated heterocycles. The van der Waals surface area contributed by atoms with Gasteiger partial charge < -0.3 is 14.8 Å². The second-order valence-corrected chi connectivity index (χ2v) is 5.44. The molecule has 0 radical (unpaired) electrons. The van der Waals surface area contributed by atoms with Crippen LogP contribution in [0.4, 0.5) is 5.69 Å². The summed E-state index contributed by atoms with van der Waals surface area (Å²) in [5.74, 6) is 0.893. The third-order valence-electron chi connectivity index (χ3n) is 2.92. The minimum absolute atomic E-state index is 0.145. The van der Waals surface area contributed by atoms with Gasteiger partial charge in [0.1, 0.15) is 11.5 Å². The molecule has 0 bridgehead atoms. The van der Waals surface area contributed by atoms with Crippen LogP contribution < -0.4 is 14.8 Å². The van der Waals surface area contributed by atoms with Crippen LogP contribution in [0, 0.1) is 6.92 Å². The number of rotatable bonds is 5. The average Bonchev–Trinajstić information content (AvgIpc) is 2.47. The van der Waals surface area contributed by atoms with Crippen molar-refractivity contribution in [3.8, 4) is 11.5 Å². The Morgan fingerprint density at radius 3 is 2.45 bits per heavy atom. The van der Waals surface area contributed by atoms with E-state index in [2.05, 4.69) is 5.32 Å². The van der Waals surface area contributed by atoms with Crippen molar-refractivity contribution in [1.82, 2.24) is 0 Å². The van der Waals surface area contributed by atoms with Crippen LogP contribution in [0.15, 0.2) is 36.4 Å². The fourth-order valence-corrected chi connectivity index (χ4v) is 2.53. The third-order valence-corrected chi connectivity index (χ3v) is 3.41. The van der Waals surface area contributed by atoms with Crippen molar-refractivity contribution in [3.63, 3.8) is 0 Å². The number of benzene rings is 2. The zero-order chi connectivity index (χ0) is 16.1. The Balaban J connectivity index is 1.95. The van der Waals surface area contributed by atoms with Crippen molar-refractivity contribution in [2.24, 2.45) is 0 Å². The molecule has 6 heteroatoms. The first-order valence-corrected chi connectivity index (χ1v) is 7.27. The van der Waals surface area contributed by atoms with Crippen LogP contribution in [0.25, 0.3) is 0 Å². The molecule has 0 aliphatic heterocycles. The van der Waals surface area contributed by atoms with E-state index in [1.807, 2.05) is 6.92 Å². The fraction of sp³-hybridized carbons (Fsp3) is 0.188. The number of methoxy groups -OCH3 is 1. The maximum Gasteiger partial charge on any atom is 0.262 e. The number of carbonyl (C=O) groups is 1. The Morgan fingerprint density at radius 2 is 1.86 bits per heavy atom. The summed E-state index contributed by atoms with van der Waals surface area (Å²) in [4.78, 5) is 11.9. The van der Waals surface area contributed by atoms with E-state index in [9.17, 15) is 4.79 Å². The third kappa shape index (κ3) is 4.29. The number of anilines is 1. The van der Waals surface area contributed by atoms with E-state index in [1.54, 1.807) is 43.5 Å². The molecule has 0 aromatic heterocycles. The van der Waals surface area contributed by atoms with Gasteiger partial charge in [0.05, 0.1) is 12.1 Å². The fourth-order valence-electron chi connectivity index (χ4n) is 1.88. The molecule has 0 atom stereocenters. The molecule has 0 fully saturated rings. The molecular weight excluding hydrogens is 325 g/mol. The largest absolute Gasteiger partial charge is 0.497 e. The van der Waals surface area contributed by atoms with Crippen molar-refractivity contribution in [2.45, 2.75) is 6.92 Å². The van der Waals surface area contributed by atoms with E-state index < -0.39 is 0 Å². The molecule has 1 amide bonds. The van der Waals surface area contributed by atoms with Crippen LogP contribution in [0.2, 0.25) is 10.0 Å². The van der Waals surface area contributed by atoms with Gasteiger partial charge in [-0.05, 0) is 48.9 Å². The number of amides is 1. The second-order valence-electron chi connectivity index (χ2n) is 4.60. The zero-order valence-electron chi connectivity index (χ0n) is 12.2. The van der Waals surface area contributed by atoms with Gasteiger partial charge in [0.25, 0.3) is 5.91 Å². The topological polar surface area (TPSA) is 47.6 Å². The number of carbonyl (C=O) groups excluding carboxylic acids is 1. The second kappa shape index (κ2) is 7.38. The Labute approximate surface area is 138 Å². The van der Waals surface area contributed by atoms with Gasteiger partial charge in [-0.15, -0.1) is 0 Å². The summed E-state index contributed by atoms with van der Waals surface area (Å²) in [5, 5.41) is 3.63. The summed E-state index contributed by atoms with van der Waals surface area (Å²) in [6.07, 6.45) is 0. The molecule has 0 saturated carbocycles. The average molecular weight is 340 g/mol. The van der Waals surface area contributed by atoms with Crippen LogP contribution in [0.3, 0.4) is 0 Å². The number of nitrogens with one attached hydrogen (secondary N) is 1. The van der Waals surface area contributed by atoms with Gasteiger partial charge in [-0.1, -0.05) is 23.2 Å². The highest BCUT2D eigenvalue weighted by Gasteiger charge is 2.10. The normalized spacial score (nSPS) is 10.2. The highest BCUT2D eigenvalue weighted by molar-refractivity contribution is 6.35. The van der Waals surface area contributed by atoms with Crippen molar-refractivity contribution in [2.75, 3.05) is 19.0 Å². The number of ether oxygens (including phenoxy) is 2. The van der Waals surface area contributed by atoms with Crippen molar-refractivity contribution >= 4 is 34.8 Å². The van der Waals surface area contributed by atoms with E-state index in [4.69, 9.17) is 32.7 Å². The molecular formula is C16H15Cl2NO3. The highest BCUT2D eigenvalue weighted by atomic mass is 35.5. The predicted molar refractivity (Wildman–Crippen MR) is 88.3 cm³/mol. The van der Waals surface area contributed by atoms with Crippen LogP contribution in [0.1, 0.15) is 5.56 Å². The maximum absolute atomic E-state index is 11.9. The van der Waals surface area contributed by atoms with Gasteiger partial charge in [-0.2, -0.15) is 0 Å². The SMILES string of the molecule is COc1ccc(NC(=O)COc2c(C)cc(Cl)cc2Cl)cc1. The minimum atomic E-state index is -0.282. The van der Waals surface area contributed by atoms with E-state index in [0.29, 0.717) is 21.5 Å². The van der Waals surface area contributed by atoms with Gasteiger partial charge in [0.15, 0.2) is 6.61 Å². The van der Waals surface area contributed by atoms with Crippen LogP contribution in [-0.4, -0.2) is 19.6 Å². The molecule has 0 unspecified atom stereocenters. The molecule has 0 aliphatic rings. The summed E-state index contributed by atoms with van der Waals surface area (Å²) in [6.45, 7) is 1.67. The van der Waals surface area contributed by atoms with Crippen molar-refractivity contribution in [3.05, 3.63) is 52.0 Å². The van der Waals surface area contributed by atoms with Gasteiger partial charge in [0.2, 0.25) is 0 Å². The van der Waals surface area contributed by atoms with E-state index in [1.165, 1.54) is 0 Å². The molecule has 1 N–H and O–H groups in total. The molecule has 0 aliphatic carbocycles. The highest BCUT2D eigenvalue weighted by Crippen LogP contribution is 2.31.